The molecule has 4 heterocycles. The number of β-amino-alcohol motifs (C(OH)–C–C–N with tert-alkyl or cyclic N) is 1. The Hall–Kier alpha value is -3.66. The molecule has 37 heavy (non-hydrogen) atoms. The number of benzene rings is 1. The van der Waals surface area contributed by atoms with Crippen molar-refractivity contribution in [2.75, 3.05) is 26.7 Å². The Morgan fingerprint density at radius 1 is 1.22 bits per heavy atom. The number of rotatable bonds is 7. The number of nitrogens with zero attached hydrogens (tertiary/aromatic N) is 4. The highest BCUT2D eigenvalue weighted by molar-refractivity contribution is 5.92. The SMILES string of the molecule is COc1cc(C(C(=O)N2C[C@H](O)C[C@H]2c2ncc(C(=O)N3CCC(c4ccccc4)C3)[nH]2)C(C)C)on1. The monoisotopic (exact) mass is 507 g/mol. The number of hydrogen-bond donors (Lipinski definition) is 2. The fourth-order valence-electron chi connectivity index (χ4n) is 5.47. The summed E-state index contributed by atoms with van der Waals surface area (Å²) in [5.74, 6) is 0.543. The summed E-state index contributed by atoms with van der Waals surface area (Å²) in [6.45, 7) is 5.37. The first-order chi connectivity index (χ1) is 17.9. The molecule has 0 radical (unpaired) electrons. The number of carbonyl (C=O) groups excluding carboxylic acids is 2. The van der Waals surface area contributed by atoms with Crippen LogP contribution in [0.5, 0.6) is 5.88 Å². The lowest BCUT2D eigenvalue weighted by atomic mass is 9.91. The fourth-order valence-corrected chi connectivity index (χ4v) is 5.47. The van der Waals surface area contributed by atoms with Crippen LogP contribution in [0.15, 0.2) is 47.1 Å². The van der Waals surface area contributed by atoms with Gasteiger partial charge in [-0.2, -0.15) is 0 Å². The highest BCUT2D eigenvalue weighted by Gasteiger charge is 2.42. The summed E-state index contributed by atoms with van der Waals surface area (Å²) in [5.41, 5.74) is 1.62. The predicted octanol–water partition coefficient (Wildman–Crippen LogP) is 3.11. The molecule has 1 aromatic carbocycles. The number of aromatic nitrogens is 3. The minimum absolute atomic E-state index is 0.0787. The number of ether oxygens (including phenoxy) is 1. The Balaban J connectivity index is 1.32. The third-order valence-electron chi connectivity index (χ3n) is 7.41. The molecule has 2 unspecified atom stereocenters. The molecule has 2 saturated heterocycles. The number of nitrogens with one attached hydrogen (secondary N) is 1. The third-order valence-corrected chi connectivity index (χ3v) is 7.41. The lowest BCUT2D eigenvalue weighted by molar-refractivity contribution is -0.135. The van der Waals surface area contributed by atoms with Gasteiger partial charge in [0.2, 0.25) is 5.91 Å². The Kier molecular flexibility index (Phi) is 7.01. The molecule has 0 spiro atoms. The second-order valence-electron chi connectivity index (χ2n) is 10.2. The van der Waals surface area contributed by atoms with Gasteiger partial charge < -0.3 is 29.2 Å². The zero-order valence-electron chi connectivity index (χ0n) is 21.3. The fraction of sp³-hybridized carbons (Fsp3) is 0.481. The second kappa shape index (κ2) is 10.4. The number of likely N-dealkylation sites (tertiary alicyclic amines) is 2. The van der Waals surface area contributed by atoms with Crippen LogP contribution in [0.1, 0.15) is 72.2 Å². The minimum atomic E-state index is -0.694. The molecule has 2 amide bonds. The van der Waals surface area contributed by atoms with Crippen LogP contribution < -0.4 is 4.74 Å². The Morgan fingerprint density at radius 2 is 2.00 bits per heavy atom. The maximum absolute atomic E-state index is 13.7. The summed E-state index contributed by atoms with van der Waals surface area (Å²) >= 11 is 0. The smallest absolute Gasteiger partial charge is 0.271 e. The van der Waals surface area contributed by atoms with Crippen molar-refractivity contribution in [3.05, 3.63) is 65.4 Å². The number of H-pyrrole nitrogens is 1. The van der Waals surface area contributed by atoms with E-state index in [1.54, 1.807) is 11.0 Å². The van der Waals surface area contributed by atoms with Crippen molar-refractivity contribution in [1.29, 1.82) is 0 Å². The first-order valence-electron chi connectivity index (χ1n) is 12.7. The predicted molar refractivity (Wildman–Crippen MR) is 134 cm³/mol. The lowest BCUT2D eigenvalue weighted by Crippen LogP contribution is -2.37. The van der Waals surface area contributed by atoms with Gasteiger partial charge in [-0.15, -0.1) is 0 Å². The van der Waals surface area contributed by atoms with Gasteiger partial charge in [0.15, 0.2) is 5.76 Å². The van der Waals surface area contributed by atoms with Gasteiger partial charge in [0.25, 0.3) is 11.8 Å². The van der Waals surface area contributed by atoms with Gasteiger partial charge in [-0.25, -0.2) is 4.98 Å². The van der Waals surface area contributed by atoms with E-state index in [-0.39, 0.29) is 24.3 Å². The highest BCUT2D eigenvalue weighted by Crippen LogP contribution is 2.37. The quantitative estimate of drug-likeness (QED) is 0.503. The molecule has 3 aromatic rings. The lowest BCUT2D eigenvalue weighted by Gasteiger charge is -2.28. The van der Waals surface area contributed by atoms with E-state index in [1.807, 2.05) is 36.9 Å². The maximum Gasteiger partial charge on any atom is 0.271 e. The molecule has 2 N–H and O–H groups in total. The van der Waals surface area contributed by atoms with E-state index < -0.39 is 18.1 Å². The van der Waals surface area contributed by atoms with E-state index in [0.29, 0.717) is 48.6 Å². The molecule has 4 atom stereocenters. The topological polar surface area (TPSA) is 125 Å². The first-order valence-corrected chi connectivity index (χ1v) is 12.7. The number of amides is 2. The molecule has 10 nitrogen and oxygen atoms in total. The Labute approximate surface area is 215 Å². The standard InChI is InChI=1S/C27H33N5O5/c1-16(2)24(22-12-23(36-3)30-37-22)27(35)32-15-19(33)11-21(32)25-28-13-20(29-25)26(34)31-10-9-18(14-31)17-7-5-4-6-8-17/h4-8,12-13,16,18-19,21,24,33H,9-11,14-15H2,1-3H3,(H,28,29)/t18?,19-,21+,24?/m1/s1. The number of aromatic amines is 1. The Bertz CT molecular complexity index is 1240. The van der Waals surface area contributed by atoms with Crippen LogP contribution in [0.25, 0.3) is 0 Å². The molecule has 2 fully saturated rings. The van der Waals surface area contributed by atoms with Gasteiger partial charge in [0.1, 0.15) is 17.4 Å². The number of hydrogen-bond acceptors (Lipinski definition) is 7. The van der Waals surface area contributed by atoms with Gasteiger partial charge >= 0.3 is 0 Å². The number of imidazole rings is 1. The summed E-state index contributed by atoms with van der Waals surface area (Å²) in [5, 5.41) is 14.3. The van der Waals surface area contributed by atoms with Gasteiger partial charge in [-0.05, 0) is 23.1 Å². The first kappa shape index (κ1) is 25.0. The molecule has 0 saturated carbocycles. The van der Waals surface area contributed by atoms with E-state index in [1.165, 1.54) is 18.9 Å². The van der Waals surface area contributed by atoms with Crippen molar-refractivity contribution in [2.24, 2.45) is 5.92 Å². The Morgan fingerprint density at radius 3 is 2.70 bits per heavy atom. The average Bonchev–Trinajstić information content (AvgIpc) is 3.70. The molecular weight excluding hydrogens is 474 g/mol. The number of carbonyl (C=O) groups is 2. The maximum atomic E-state index is 13.7. The van der Waals surface area contributed by atoms with Crippen LogP contribution >= 0.6 is 0 Å². The van der Waals surface area contributed by atoms with Crippen LogP contribution in [0.2, 0.25) is 0 Å². The van der Waals surface area contributed by atoms with Crippen LogP contribution in [0, 0.1) is 5.92 Å². The van der Waals surface area contributed by atoms with Crippen molar-refractivity contribution in [3.63, 3.8) is 0 Å². The van der Waals surface area contributed by atoms with Crippen LogP contribution in [-0.2, 0) is 4.79 Å². The molecule has 196 valence electrons. The van der Waals surface area contributed by atoms with E-state index >= 15 is 0 Å². The third kappa shape index (κ3) is 4.98. The number of aliphatic hydroxyl groups excluding tert-OH is 1. The van der Waals surface area contributed by atoms with Crippen molar-refractivity contribution in [3.8, 4) is 5.88 Å². The summed E-state index contributed by atoms with van der Waals surface area (Å²) in [4.78, 5) is 38.0. The van der Waals surface area contributed by atoms with E-state index in [9.17, 15) is 14.7 Å². The zero-order chi connectivity index (χ0) is 26.1. The van der Waals surface area contributed by atoms with Crippen LogP contribution in [0.3, 0.4) is 0 Å². The summed E-state index contributed by atoms with van der Waals surface area (Å²) in [6, 6.07) is 11.4. The van der Waals surface area contributed by atoms with Gasteiger partial charge in [-0.3, -0.25) is 9.59 Å². The molecule has 0 bridgehead atoms. The van der Waals surface area contributed by atoms with E-state index in [2.05, 4.69) is 27.3 Å². The highest BCUT2D eigenvalue weighted by atomic mass is 16.5. The number of aliphatic hydroxyl groups is 1. The van der Waals surface area contributed by atoms with Gasteiger partial charge in [0.05, 0.1) is 25.5 Å². The molecule has 2 aliphatic heterocycles. The molecule has 2 aliphatic rings. The summed E-state index contributed by atoms with van der Waals surface area (Å²) in [6.07, 6.45) is 2.08. The second-order valence-corrected chi connectivity index (χ2v) is 10.2. The van der Waals surface area contributed by atoms with E-state index in [4.69, 9.17) is 9.26 Å². The number of methoxy groups -OCH3 is 1. The van der Waals surface area contributed by atoms with Gasteiger partial charge in [-0.1, -0.05) is 44.2 Å². The van der Waals surface area contributed by atoms with Crippen molar-refractivity contribution in [1.82, 2.24) is 24.9 Å². The van der Waals surface area contributed by atoms with Crippen molar-refractivity contribution < 1.29 is 24.0 Å². The summed E-state index contributed by atoms with van der Waals surface area (Å²) in [7, 11) is 1.49. The molecule has 0 aliphatic carbocycles. The van der Waals surface area contributed by atoms with Crippen LogP contribution in [0.4, 0.5) is 0 Å². The molecule has 2 aromatic heterocycles. The molecular formula is C27H33N5O5. The van der Waals surface area contributed by atoms with Crippen LogP contribution in [-0.4, -0.2) is 74.7 Å². The van der Waals surface area contributed by atoms with Crippen molar-refractivity contribution >= 4 is 11.8 Å². The largest absolute Gasteiger partial charge is 0.479 e. The van der Waals surface area contributed by atoms with Gasteiger partial charge in [0, 0.05) is 38.0 Å². The minimum Gasteiger partial charge on any atom is -0.479 e. The van der Waals surface area contributed by atoms with E-state index in [0.717, 1.165) is 6.42 Å². The zero-order valence-corrected chi connectivity index (χ0v) is 21.3. The van der Waals surface area contributed by atoms with Crippen molar-refractivity contribution in [2.45, 2.75) is 50.7 Å². The molecule has 5 rings (SSSR count). The average molecular weight is 508 g/mol. The summed E-state index contributed by atoms with van der Waals surface area (Å²) < 4.78 is 10.5. The molecule has 10 heteroatoms. The normalized spacial score (nSPS) is 22.6.